The van der Waals surface area contributed by atoms with Crippen molar-refractivity contribution in [2.24, 2.45) is 11.5 Å². The highest BCUT2D eigenvalue weighted by atomic mass is 32.2. The topological polar surface area (TPSA) is 156 Å². The fourth-order valence-electron chi connectivity index (χ4n) is 4.07. The van der Waals surface area contributed by atoms with Gasteiger partial charge in [0.2, 0.25) is 15.9 Å². The van der Waals surface area contributed by atoms with E-state index in [0.717, 1.165) is 16.5 Å². The third-order valence-corrected chi connectivity index (χ3v) is 7.81. The van der Waals surface area contributed by atoms with Gasteiger partial charge in [-0.25, -0.2) is 13.2 Å². The summed E-state index contributed by atoms with van der Waals surface area (Å²) in [6.07, 6.45) is 1.84. The second-order valence-corrected chi connectivity index (χ2v) is 10.7. The highest BCUT2D eigenvalue weighted by molar-refractivity contribution is 7.92. The molecule has 2 heterocycles. The van der Waals surface area contributed by atoms with Crippen LogP contribution in [-0.2, 0) is 19.6 Å². The van der Waals surface area contributed by atoms with Crippen LogP contribution in [0.5, 0.6) is 0 Å². The van der Waals surface area contributed by atoms with Crippen molar-refractivity contribution in [3.8, 4) is 0 Å². The fourth-order valence-corrected chi connectivity index (χ4v) is 5.24. The average molecular weight is 464 g/mol. The van der Waals surface area contributed by atoms with Crippen molar-refractivity contribution < 1.29 is 22.8 Å². The molecule has 0 unspecified atom stereocenters. The van der Waals surface area contributed by atoms with Crippen LogP contribution in [0.1, 0.15) is 43.4 Å². The molecule has 10 nitrogen and oxygen atoms in total. The predicted octanol–water partition coefficient (Wildman–Crippen LogP) is 0.717. The van der Waals surface area contributed by atoms with Gasteiger partial charge in [0.05, 0.1) is 5.54 Å². The van der Waals surface area contributed by atoms with Crippen molar-refractivity contribution in [1.29, 1.82) is 0 Å². The van der Waals surface area contributed by atoms with Crippen molar-refractivity contribution in [3.63, 3.8) is 0 Å². The number of imide groups is 1. The van der Waals surface area contributed by atoms with Crippen LogP contribution in [0.3, 0.4) is 0 Å². The van der Waals surface area contributed by atoms with E-state index in [0.29, 0.717) is 11.3 Å². The first kappa shape index (κ1) is 23.9. The second-order valence-electron chi connectivity index (χ2n) is 8.91. The van der Waals surface area contributed by atoms with Crippen molar-refractivity contribution in [1.82, 2.24) is 9.62 Å². The van der Waals surface area contributed by atoms with Crippen LogP contribution in [0.2, 0.25) is 0 Å². The molecular weight excluding hydrogens is 434 g/mol. The number of hydrogen-bond donors (Lipinski definition) is 3. The number of urea groups is 1. The van der Waals surface area contributed by atoms with E-state index in [9.17, 15) is 22.8 Å². The van der Waals surface area contributed by atoms with Gasteiger partial charge in [-0.1, -0.05) is 0 Å². The third kappa shape index (κ3) is 4.15. The van der Waals surface area contributed by atoms with Crippen LogP contribution >= 0.6 is 0 Å². The zero-order valence-corrected chi connectivity index (χ0v) is 19.5. The van der Waals surface area contributed by atoms with Gasteiger partial charge < -0.3 is 11.5 Å². The molecule has 0 atom stereocenters. The van der Waals surface area contributed by atoms with Crippen molar-refractivity contribution >= 4 is 39.6 Å². The van der Waals surface area contributed by atoms with E-state index in [4.69, 9.17) is 11.5 Å². The normalized spacial score (nSPS) is 21.2. The average Bonchev–Trinajstić information content (AvgIpc) is 2.87. The second kappa shape index (κ2) is 7.98. The molecule has 0 bridgehead atoms. The van der Waals surface area contributed by atoms with E-state index in [1.165, 1.54) is 15.3 Å². The number of carbonyl (C=O) groups excluding carboxylic acids is 3. The molecule has 1 aromatic carbocycles. The van der Waals surface area contributed by atoms with E-state index >= 15 is 0 Å². The van der Waals surface area contributed by atoms with E-state index in [-0.39, 0.29) is 31.8 Å². The Kier molecular flexibility index (Phi) is 5.96. The molecule has 4 amide bonds. The number of rotatable bonds is 5. The molecular formula is C21H29N5O5S. The monoisotopic (exact) mass is 463 g/mol. The third-order valence-electron chi connectivity index (χ3n) is 6.25. The maximum absolute atomic E-state index is 12.8. The minimum absolute atomic E-state index is 0.107. The van der Waals surface area contributed by atoms with E-state index < -0.39 is 33.0 Å². The highest BCUT2D eigenvalue weighted by Gasteiger charge is 2.46. The number of benzene rings is 1. The van der Waals surface area contributed by atoms with Gasteiger partial charge in [-0.05, 0) is 75.4 Å². The molecule has 2 fully saturated rings. The van der Waals surface area contributed by atoms with E-state index in [2.05, 4.69) is 5.32 Å². The van der Waals surface area contributed by atoms with Gasteiger partial charge in [0.15, 0.2) is 0 Å². The Morgan fingerprint density at radius 1 is 1.12 bits per heavy atom. The summed E-state index contributed by atoms with van der Waals surface area (Å²) in [5, 5.41) is 3.45. The molecule has 0 aliphatic carbocycles. The number of nitrogens with one attached hydrogen (secondary N) is 1. The Hall–Kier alpha value is -2.76. The molecule has 3 rings (SSSR count). The molecule has 11 heteroatoms. The van der Waals surface area contributed by atoms with Gasteiger partial charge in [-0.15, -0.1) is 0 Å². The van der Waals surface area contributed by atoms with Crippen LogP contribution < -0.4 is 21.7 Å². The lowest BCUT2D eigenvalue weighted by atomic mass is 9.89. The maximum Gasteiger partial charge on any atom is 0.329 e. The Balaban J connectivity index is 1.83. The van der Waals surface area contributed by atoms with Gasteiger partial charge in [0, 0.05) is 24.2 Å². The van der Waals surface area contributed by atoms with Crippen molar-refractivity contribution in [3.05, 3.63) is 34.2 Å². The summed E-state index contributed by atoms with van der Waals surface area (Å²) < 4.78 is 26.8. The first-order valence-electron chi connectivity index (χ1n) is 10.2. The number of primary amides is 1. The number of nitrogens with two attached hydrogens (primary N) is 2. The molecule has 5 N–H and O–H groups in total. The van der Waals surface area contributed by atoms with Crippen LogP contribution in [-0.4, -0.2) is 54.7 Å². The molecule has 0 aromatic heterocycles. The SMILES string of the molecule is Cc1cc(N2C(=O)NC(=O)C2(C)C)cc(C)c1C=CS(=O)(=O)N1CCC(N)(C(N)=O)CC1. The minimum atomic E-state index is -3.73. The number of aryl methyl sites for hydroxylation is 2. The molecule has 0 radical (unpaired) electrons. The molecule has 174 valence electrons. The molecule has 1 aromatic rings. The Labute approximate surface area is 187 Å². The zero-order chi connectivity index (χ0) is 24.1. The Bertz CT molecular complexity index is 1090. The van der Waals surface area contributed by atoms with Crippen LogP contribution in [0.25, 0.3) is 6.08 Å². The summed E-state index contributed by atoms with van der Waals surface area (Å²) >= 11 is 0. The van der Waals surface area contributed by atoms with Gasteiger partial charge in [-0.3, -0.25) is 19.8 Å². The summed E-state index contributed by atoms with van der Waals surface area (Å²) in [4.78, 5) is 37.2. The standard InChI is InChI=1S/C21H29N5O5S/c1-13-11-15(26-19(29)24-18(28)20(26,3)4)12-14(2)16(13)5-10-32(30,31)25-8-6-21(23,7-9-25)17(22)27/h5,10-12H,6-9,23H2,1-4H3,(H2,22,27)(H,24,28,29). The first-order chi connectivity index (χ1) is 14.7. The number of carbonyl (C=O) groups is 3. The van der Waals surface area contributed by atoms with Crippen molar-refractivity contribution in [2.75, 3.05) is 18.0 Å². The van der Waals surface area contributed by atoms with Crippen molar-refractivity contribution in [2.45, 2.75) is 51.6 Å². The smallest absolute Gasteiger partial charge is 0.329 e. The number of nitrogens with zero attached hydrogens (tertiary/aromatic N) is 2. The van der Waals surface area contributed by atoms with Gasteiger partial charge >= 0.3 is 6.03 Å². The zero-order valence-electron chi connectivity index (χ0n) is 18.6. The van der Waals surface area contributed by atoms with Crippen LogP contribution in [0.4, 0.5) is 10.5 Å². The number of hydrogen-bond acceptors (Lipinski definition) is 6. The Morgan fingerprint density at radius 3 is 2.09 bits per heavy atom. The summed E-state index contributed by atoms with van der Waals surface area (Å²) in [5.41, 5.74) is 11.8. The maximum atomic E-state index is 12.8. The Morgan fingerprint density at radius 2 is 1.66 bits per heavy atom. The summed E-state index contributed by atoms with van der Waals surface area (Å²) in [6.45, 7) is 7.15. The lowest BCUT2D eigenvalue weighted by Gasteiger charge is -2.35. The number of sulfonamides is 1. The first-order valence-corrected chi connectivity index (χ1v) is 11.7. The minimum Gasteiger partial charge on any atom is -0.368 e. The van der Waals surface area contributed by atoms with Crippen LogP contribution in [0, 0.1) is 13.8 Å². The summed E-state index contributed by atoms with van der Waals surface area (Å²) in [7, 11) is -3.73. The number of amides is 4. The highest BCUT2D eigenvalue weighted by Crippen LogP contribution is 2.32. The molecule has 32 heavy (non-hydrogen) atoms. The largest absolute Gasteiger partial charge is 0.368 e. The number of piperidine rings is 1. The molecule has 2 aliphatic heterocycles. The lowest BCUT2D eigenvalue weighted by Crippen LogP contribution is -2.58. The fraction of sp³-hybridized carbons (Fsp3) is 0.476. The predicted molar refractivity (Wildman–Crippen MR) is 121 cm³/mol. The molecule has 2 saturated heterocycles. The summed E-state index contributed by atoms with van der Waals surface area (Å²) in [6, 6.07) is 2.99. The summed E-state index contributed by atoms with van der Waals surface area (Å²) in [5.74, 6) is -1.01. The van der Waals surface area contributed by atoms with Gasteiger partial charge in [0.1, 0.15) is 5.54 Å². The molecule has 2 aliphatic rings. The molecule has 0 saturated carbocycles. The van der Waals surface area contributed by atoms with E-state index in [1.807, 2.05) is 13.8 Å². The van der Waals surface area contributed by atoms with Gasteiger partial charge in [0.25, 0.3) is 5.91 Å². The van der Waals surface area contributed by atoms with E-state index in [1.54, 1.807) is 26.0 Å². The van der Waals surface area contributed by atoms with Crippen LogP contribution in [0.15, 0.2) is 17.5 Å². The molecule has 0 spiro atoms. The quantitative estimate of drug-likeness (QED) is 0.546. The number of anilines is 1. The lowest BCUT2D eigenvalue weighted by molar-refractivity contribution is -0.124. The van der Waals surface area contributed by atoms with Gasteiger partial charge in [-0.2, -0.15) is 4.31 Å².